The van der Waals surface area contributed by atoms with E-state index in [1.807, 2.05) is 11.0 Å². The number of furan rings is 1. The zero-order chi connectivity index (χ0) is 18.6. The second kappa shape index (κ2) is 7.82. The van der Waals surface area contributed by atoms with Crippen molar-refractivity contribution in [3.63, 3.8) is 0 Å². The predicted octanol–water partition coefficient (Wildman–Crippen LogP) is 2.31. The number of piperidine rings is 1. The van der Waals surface area contributed by atoms with Gasteiger partial charge in [-0.3, -0.25) is 9.59 Å². The van der Waals surface area contributed by atoms with Crippen LogP contribution in [0.4, 0.5) is 5.82 Å². The maximum Gasteiger partial charge on any atom is 0.257 e. The Morgan fingerprint density at radius 2 is 1.89 bits per heavy atom. The molecule has 2 amide bonds. The van der Waals surface area contributed by atoms with E-state index in [2.05, 4.69) is 15.2 Å². The van der Waals surface area contributed by atoms with Crippen LogP contribution < -0.4 is 10.2 Å². The van der Waals surface area contributed by atoms with Crippen LogP contribution in [0.5, 0.6) is 0 Å². The van der Waals surface area contributed by atoms with Gasteiger partial charge < -0.3 is 19.5 Å². The molecule has 4 heterocycles. The molecule has 2 aliphatic rings. The lowest BCUT2D eigenvalue weighted by Crippen LogP contribution is -2.46. The molecule has 2 aromatic heterocycles. The maximum atomic E-state index is 12.8. The van der Waals surface area contributed by atoms with E-state index < -0.39 is 0 Å². The van der Waals surface area contributed by atoms with Gasteiger partial charge >= 0.3 is 0 Å². The lowest BCUT2D eigenvalue weighted by Gasteiger charge is -2.32. The normalized spacial score (nSPS) is 17.9. The van der Waals surface area contributed by atoms with Crippen LogP contribution in [0, 0.1) is 0 Å². The molecule has 142 valence electrons. The summed E-state index contributed by atoms with van der Waals surface area (Å²) in [7, 11) is 0. The highest BCUT2D eigenvalue weighted by atomic mass is 16.3. The summed E-state index contributed by atoms with van der Waals surface area (Å²) in [5, 5.41) is 3.13. The number of nitrogens with zero attached hydrogens (tertiary/aromatic N) is 3. The van der Waals surface area contributed by atoms with Crippen molar-refractivity contribution in [2.45, 2.75) is 31.7 Å². The van der Waals surface area contributed by atoms with Crippen LogP contribution in [0.2, 0.25) is 0 Å². The number of amides is 2. The van der Waals surface area contributed by atoms with Gasteiger partial charge in [0, 0.05) is 38.4 Å². The van der Waals surface area contributed by atoms with E-state index in [0.29, 0.717) is 24.2 Å². The third-order valence-electron chi connectivity index (χ3n) is 5.32. The van der Waals surface area contributed by atoms with E-state index in [4.69, 9.17) is 4.42 Å². The molecule has 0 aliphatic carbocycles. The molecule has 2 saturated heterocycles. The first-order valence-electron chi connectivity index (χ1n) is 9.54. The summed E-state index contributed by atoms with van der Waals surface area (Å²) in [6.07, 6.45) is 8.49. The standard InChI is InChI=1S/C20H24N4O3/c25-19(17-4-3-8-21-18(17)23-9-1-2-10-23)22-16-5-11-24(12-6-16)20(26)15-7-13-27-14-15/h3-4,7-8,13-14,16H,1-2,5-6,9-12H2,(H,22,25). The number of hydrogen-bond donors (Lipinski definition) is 1. The minimum atomic E-state index is -0.0791. The summed E-state index contributed by atoms with van der Waals surface area (Å²) < 4.78 is 4.99. The van der Waals surface area contributed by atoms with Crippen molar-refractivity contribution >= 4 is 17.6 Å². The van der Waals surface area contributed by atoms with Gasteiger partial charge in [-0.15, -0.1) is 0 Å². The van der Waals surface area contributed by atoms with Crippen molar-refractivity contribution in [2.24, 2.45) is 0 Å². The van der Waals surface area contributed by atoms with Gasteiger partial charge in [0.05, 0.1) is 17.4 Å². The number of likely N-dealkylation sites (tertiary alicyclic amines) is 1. The molecule has 0 atom stereocenters. The Morgan fingerprint density at radius 3 is 2.59 bits per heavy atom. The number of rotatable bonds is 4. The topological polar surface area (TPSA) is 78.7 Å². The van der Waals surface area contributed by atoms with Crippen molar-refractivity contribution < 1.29 is 14.0 Å². The van der Waals surface area contributed by atoms with E-state index in [9.17, 15) is 9.59 Å². The molecular weight excluding hydrogens is 344 g/mol. The van der Waals surface area contributed by atoms with Crippen molar-refractivity contribution in [2.75, 3.05) is 31.1 Å². The van der Waals surface area contributed by atoms with Gasteiger partial charge in [-0.25, -0.2) is 4.98 Å². The number of aromatic nitrogens is 1. The summed E-state index contributed by atoms with van der Waals surface area (Å²) in [5.41, 5.74) is 1.21. The quantitative estimate of drug-likeness (QED) is 0.896. The van der Waals surface area contributed by atoms with E-state index in [1.165, 1.54) is 12.5 Å². The summed E-state index contributed by atoms with van der Waals surface area (Å²) >= 11 is 0. The summed E-state index contributed by atoms with van der Waals surface area (Å²) in [6, 6.07) is 5.39. The van der Waals surface area contributed by atoms with Gasteiger partial charge in [0.15, 0.2) is 0 Å². The molecule has 7 heteroatoms. The molecule has 1 N–H and O–H groups in total. The fourth-order valence-corrected chi connectivity index (χ4v) is 3.81. The molecule has 0 unspecified atom stereocenters. The molecule has 2 aromatic rings. The van der Waals surface area contributed by atoms with Crippen molar-refractivity contribution in [3.8, 4) is 0 Å². The number of hydrogen-bond acceptors (Lipinski definition) is 5. The van der Waals surface area contributed by atoms with Gasteiger partial charge in [0.1, 0.15) is 12.1 Å². The Hall–Kier alpha value is -2.83. The average Bonchev–Trinajstić information content (AvgIpc) is 3.42. The zero-order valence-electron chi connectivity index (χ0n) is 15.3. The van der Waals surface area contributed by atoms with Crippen LogP contribution in [0.25, 0.3) is 0 Å². The van der Waals surface area contributed by atoms with E-state index in [-0.39, 0.29) is 17.9 Å². The molecule has 0 aromatic carbocycles. The average molecular weight is 368 g/mol. The van der Waals surface area contributed by atoms with Crippen LogP contribution in [0.1, 0.15) is 46.4 Å². The third-order valence-corrected chi connectivity index (χ3v) is 5.32. The maximum absolute atomic E-state index is 12.8. The molecule has 27 heavy (non-hydrogen) atoms. The SMILES string of the molecule is O=C(NC1CCN(C(=O)c2ccoc2)CC1)c1cccnc1N1CCCC1. The van der Waals surface area contributed by atoms with Crippen LogP contribution in [0.15, 0.2) is 41.3 Å². The summed E-state index contributed by atoms with van der Waals surface area (Å²) in [4.78, 5) is 33.6. The smallest absolute Gasteiger partial charge is 0.257 e. The van der Waals surface area contributed by atoms with Crippen LogP contribution in [-0.4, -0.2) is 53.9 Å². The van der Waals surface area contributed by atoms with Crippen molar-refractivity contribution in [3.05, 3.63) is 48.0 Å². The molecule has 0 bridgehead atoms. The number of carbonyl (C=O) groups excluding carboxylic acids is 2. The molecule has 2 aliphatic heterocycles. The molecule has 0 spiro atoms. The van der Waals surface area contributed by atoms with Crippen molar-refractivity contribution in [1.29, 1.82) is 0 Å². The van der Waals surface area contributed by atoms with Crippen LogP contribution in [-0.2, 0) is 0 Å². The van der Waals surface area contributed by atoms with Crippen molar-refractivity contribution in [1.82, 2.24) is 15.2 Å². The summed E-state index contributed by atoms with van der Waals surface area (Å²) in [6.45, 7) is 3.15. The molecular formula is C20H24N4O3. The van der Waals surface area contributed by atoms with Gasteiger partial charge in [0.2, 0.25) is 0 Å². The molecule has 2 fully saturated rings. The van der Waals surface area contributed by atoms with Gasteiger partial charge in [-0.2, -0.15) is 0 Å². The minimum Gasteiger partial charge on any atom is -0.472 e. The number of pyridine rings is 1. The Kier molecular flexibility index (Phi) is 5.09. The number of anilines is 1. The second-order valence-electron chi connectivity index (χ2n) is 7.12. The Morgan fingerprint density at radius 1 is 1.11 bits per heavy atom. The Labute approximate surface area is 158 Å². The van der Waals surface area contributed by atoms with Gasteiger partial charge in [-0.1, -0.05) is 0 Å². The Bertz CT molecular complexity index is 791. The fraction of sp³-hybridized carbons (Fsp3) is 0.450. The highest BCUT2D eigenvalue weighted by Crippen LogP contribution is 2.22. The lowest BCUT2D eigenvalue weighted by molar-refractivity contribution is 0.0697. The van der Waals surface area contributed by atoms with E-state index in [1.54, 1.807) is 18.3 Å². The fourth-order valence-electron chi connectivity index (χ4n) is 3.81. The molecule has 4 rings (SSSR count). The van der Waals surface area contributed by atoms with E-state index in [0.717, 1.165) is 44.6 Å². The number of carbonyl (C=O) groups is 2. The first-order valence-corrected chi connectivity index (χ1v) is 9.54. The Balaban J connectivity index is 1.35. The molecule has 0 radical (unpaired) electrons. The largest absolute Gasteiger partial charge is 0.472 e. The van der Waals surface area contributed by atoms with Crippen LogP contribution >= 0.6 is 0 Å². The lowest BCUT2D eigenvalue weighted by atomic mass is 10.0. The molecule has 7 nitrogen and oxygen atoms in total. The monoisotopic (exact) mass is 368 g/mol. The van der Waals surface area contributed by atoms with Gasteiger partial charge in [0.25, 0.3) is 11.8 Å². The molecule has 0 saturated carbocycles. The minimum absolute atomic E-state index is 0.0166. The number of nitrogens with one attached hydrogen (secondary N) is 1. The zero-order valence-corrected chi connectivity index (χ0v) is 15.3. The first-order chi connectivity index (χ1) is 13.2. The first kappa shape index (κ1) is 17.6. The third kappa shape index (κ3) is 3.82. The predicted molar refractivity (Wildman–Crippen MR) is 101 cm³/mol. The van der Waals surface area contributed by atoms with Gasteiger partial charge in [-0.05, 0) is 43.9 Å². The highest BCUT2D eigenvalue weighted by molar-refractivity contribution is 5.99. The van der Waals surface area contributed by atoms with Crippen LogP contribution in [0.3, 0.4) is 0 Å². The highest BCUT2D eigenvalue weighted by Gasteiger charge is 2.27. The second-order valence-corrected chi connectivity index (χ2v) is 7.12. The summed E-state index contributed by atoms with van der Waals surface area (Å²) in [5.74, 6) is 0.682. The van der Waals surface area contributed by atoms with E-state index >= 15 is 0 Å².